The fraction of sp³-hybridized carbons (Fsp3) is 0.286. The number of hydrogen-bond donors (Lipinski definition) is 2. The van der Waals surface area contributed by atoms with Crippen LogP contribution in [0.25, 0.3) is 10.9 Å². The zero-order valence-electron chi connectivity index (χ0n) is 14.5. The molecule has 2 heterocycles. The first-order valence-corrected chi connectivity index (χ1v) is 9.44. The number of amides is 1. The van der Waals surface area contributed by atoms with Crippen molar-refractivity contribution in [2.24, 2.45) is 0 Å². The average Bonchev–Trinajstić information content (AvgIpc) is 3.32. The molecule has 1 aromatic heterocycles. The van der Waals surface area contributed by atoms with Crippen molar-refractivity contribution in [2.45, 2.75) is 18.9 Å². The normalized spacial score (nSPS) is 16.0. The number of carbonyl (C=O) groups is 1. The topological polar surface area (TPSA) is 48.1 Å². The standard InChI is InChI=1S/C21H22ClN3O/c22-17-9-3-2-8-16(17)20(25-11-5-6-12-25)14-23-21(26)19-13-15-7-1-4-10-18(15)24-19/h1-4,7-10,13,20,24H,5-6,11-12,14H2,(H,23,26)/t20-/m0/s1. The third-order valence-electron chi connectivity index (χ3n) is 5.08. The summed E-state index contributed by atoms with van der Waals surface area (Å²) in [5.74, 6) is -0.0857. The van der Waals surface area contributed by atoms with Gasteiger partial charge in [-0.2, -0.15) is 0 Å². The molecule has 4 nitrogen and oxygen atoms in total. The minimum Gasteiger partial charge on any atom is -0.351 e. The van der Waals surface area contributed by atoms with Gasteiger partial charge in [-0.1, -0.05) is 48.0 Å². The van der Waals surface area contributed by atoms with Gasteiger partial charge in [-0.05, 0) is 49.7 Å². The van der Waals surface area contributed by atoms with Crippen LogP contribution in [-0.2, 0) is 0 Å². The Morgan fingerprint density at radius 2 is 1.85 bits per heavy atom. The van der Waals surface area contributed by atoms with Crippen molar-refractivity contribution in [2.75, 3.05) is 19.6 Å². The Morgan fingerprint density at radius 1 is 1.12 bits per heavy atom. The van der Waals surface area contributed by atoms with Gasteiger partial charge in [-0.15, -0.1) is 0 Å². The average molecular weight is 368 g/mol. The smallest absolute Gasteiger partial charge is 0.267 e. The highest BCUT2D eigenvalue weighted by molar-refractivity contribution is 6.31. The van der Waals surface area contributed by atoms with Crippen molar-refractivity contribution < 1.29 is 4.79 Å². The molecule has 1 atom stereocenters. The maximum absolute atomic E-state index is 12.7. The number of aromatic amines is 1. The number of hydrogen-bond acceptors (Lipinski definition) is 2. The van der Waals surface area contributed by atoms with Gasteiger partial charge in [0.15, 0.2) is 0 Å². The fourth-order valence-corrected chi connectivity index (χ4v) is 3.98. The Kier molecular flexibility index (Phi) is 4.96. The summed E-state index contributed by atoms with van der Waals surface area (Å²) in [6.07, 6.45) is 2.38. The molecule has 1 aliphatic heterocycles. The fourth-order valence-electron chi connectivity index (χ4n) is 3.71. The molecule has 4 rings (SSSR count). The van der Waals surface area contributed by atoms with E-state index in [1.807, 2.05) is 48.5 Å². The van der Waals surface area contributed by atoms with Crippen molar-refractivity contribution in [1.82, 2.24) is 15.2 Å². The SMILES string of the molecule is O=C(NC[C@@H](c1ccccc1Cl)N1CCCC1)c1cc2ccccc2[nH]1. The van der Waals surface area contributed by atoms with Gasteiger partial charge in [0, 0.05) is 22.5 Å². The molecule has 5 heteroatoms. The van der Waals surface area contributed by atoms with Crippen molar-refractivity contribution in [1.29, 1.82) is 0 Å². The molecule has 0 aliphatic carbocycles. The maximum atomic E-state index is 12.7. The molecule has 1 fully saturated rings. The van der Waals surface area contributed by atoms with E-state index in [0.29, 0.717) is 12.2 Å². The lowest BCUT2D eigenvalue weighted by Crippen LogP contribution is -2.37. The zero-order chi connectivity index (χ0) is 17.9. The highest BCUT2D eigenvalue weighted by Gasteiger charge is 2.25. The Labute approximate surface area is 158 Å². The number of H-pyrrole nitrogens is 1. The van der Waals surface area contributed by atoms with Crippen LogP contribution in [0.3, 0.4) is 0 Å². The van der Waals surface area contributed by atoms with Crippen LogP contribution in [0.5, 0.6) is 0 Å². The lowest BCUT2D eigenvalue weighted by Gasteiger charge is -2.28. The number of benzene rings is 2. The van der Waals surface area contributed by atoms with Crippen LogP contribution in [0.1, 0.15) is 34.9 Å². The summed E-state index contributed by atoms with van der Waals surface area (Å²) < 4.78 is 0. The zero-order valence-corrected chi connectivity index (χ0v) is 15.3. The minimum absolute atomic E-state index is 0.0857. The molecular weight excluding hydrogens is 346 g/mol. The number of likely N-dealkylation sites (tertiary alicyclic amines) is 1. The number of fused-ring (bicyclic) bond motifs is 1. The van der Waals surface area contributed by atoms with E-state index >= 15 is 0 Å². The third kappa shape index (κ3) is 3.48. The van der Waals surface area contributed by atoms with Crippen LogP contribution >= 0.6 is 11.6 Å². The second-order valence-electron chi connectivity index (χ2n) is 6.76. The molecule has 2 N–H and O–H groups in total. The lowest BCUT2D eigenvalue weighted by atomic mass is 10.1. The highest BCUT2D eigenvalue weighted by Crippen LogP contribution is 2.29. The van der Waals surface area contributed by atoms with Crippen LogP contribution in [0.2, 0.25) is 5.02 Å². The summed E-state index contributed by atoms with van der Waals surface area (Å²) in [6, 6.07) is 17.8. The van der Waals surface area contributed by atoms with Gasteiger partial charge in [0.1, 0.15) is 5.69 Å². The lowest BCUT2D eigenvalue weighted by molar-refractivity contribution is 0.0933. The first-order valence-electron chi connectivity index (χ1n) is 9.07. The molecular formula is C21H22ClN3O. The van der Waals surface area contributed by atoms with Crippen molar-refractivity contribution >= 4 is 28.4 Å². The van der Waals surface area contributed by atoms with Crippen LogP contribution in [0.15, 0.2) is 54.6 Å². The van der Waals surface area contributed by atoms with Gasteiger partial charge >= 0.3 is 0 Å². The van der Waals surface area contributed by atoms with Crippen LogP contribution < -0.4 is 5.32 Å². The Hall–Kier alpha value is -2.30. The summed E-state index contributed by atoms with van der Waals surface area (Å²) in [5.41, 5.74) is 2.64. The van der Waals surface area contributed by atoms with Crippen LogP contribution in [0.4, 0.5) is 0 Å². The number of nitrogens with one attached hydrogen (secondary N) is 2. The molecule has 1 amide bonds. The summed E-state index contributed by atoms with van der Waals surface area (Å²) >= 11 is 6.44. The largest absolute Gasteiger partial charge is 0.351 e. The van der Waals surface area contributed by atoms with E-state index in [0.717, 1.165) is 34.6 Å². The Morgan fingerprint density at radius 3 is 2.62 bits per heavy atom. The Balaban J connectivity index is 1.52. The first kappa shape index (κ1) is 17.1. The van der Waals surface area contributed by atoms with Gasteiger partial charge in [0.05, 0.1) is 6.04 Å². The van der Waals surface area contributed by atoms with E-state index < -0.39 is 0 Å². The third-order valence-corrected chi connectivity index (χ3v) is 5.42. The van der Waals surface area contributed by atoms with E-state index in [1.54, 1.807) is 0 Å². The minimum atomic E-state index is -0.0857. The van der Waals surface area contributed by atoms with Crippen LogP contribution in [0, 0.1) is 0 Å². The highest BCUT2D eigenvalue weighted by atomic mass is 35.5. The molecule has 2 aromatic carbocycles. The summed E-state index contributed by atoms with van der Waals surface area (Å²) in [4.78, 5) is 18.3. The second-order valence-corrected chi connectivity index (χ2v) is 7.17. The van der Waals surface area contributed by atoms with Gasteiger partial charge in [0.2, 0.25) is 0 Å². The molecule has 0 saturated carbocycles. The molecule has 26 heavy (non-hydrogen) atoms. The summed E-state index contributed by atoms with van der Waals surface area (Å²) in [7, 11) is 0. The Bertz CT molecular complexity index is 881. The molecule has 0 radical (unpaired) electrons. The molecule has 1 aliphatic rings. The van der Waals surface area contributed by atoms with Crippen molar-refractivity contribution in [3.63, 3.8) is 0 Å². The number of aromatic nitrogens is 1. The number of rotatable bonds is 5. The molecule has 134 valence electrons. The molecule has 0 spiro atoms. The maximum Gasteiger partial charge on any atom is 0.267 e. The van der Waals surface area contributed by atoms with E-state index in [9.17, 15) is 4.79 Å². The van der Waals surface area contributed by atoms with Gasteiger partial charge in [-0.25, -0.2) is 0 Å². The summed E-state index contributed by atoms with van der Waals surface area (Å²) in [5, 5.41) is 4.89. The van der Waals surface area contributed by atoms with E-state index in [2.05, 4.69) is 21.3 Å². The van der Waals surface area contributed by atoms with Gasteiger partial charge in [-0.3, -0.25) is 9.69 Å². The van der Waals surface area contributed by atoms with E-state index in [4.69, 9.17) is 11.6 Å². The number of para-hydroxylation sites is 1. The molecule has 0 unspecified atom stereocenters. The van der Waals surface area contributed by atoms with Crippen molar-refractivity contribution in [3.05, 3.63) is 70.9 Å². The number of nitrogens with zero attached hydrogens (tertiary/aromatic N) is 1. The first-order chi connectivity index (χ1) is 12.7. The monoisotopic (exact) mass is 367 g/mol. The molecule has 0 bridgehead atoms. The predicted molar refractivity (Wildman–Crippen MR) is 106 cm³/mol. The molecule has 3 aromatic rings. The van der Waals surface area contributed by atoms with Crippen LogP contribution in [-0.4, -0.2) is 35.4 Å². The van der Waals surface area contributed by atoms with E-state index in [1.165, 1.54) is 12.8 Å². The quantitative estimate of drug-likeness (QED) is 0.702. The number of halogens is 1. The number of carbonyl (C=O) groups excluding carboxylic acids is 1. The van der Waals surface area contributed by atoms with Crippen molar-refractivity contribution in [3.8, 4) is 0 Å². The van der Waals surface area contributed by atoms with E-state index in [-0.39, 0.29) is 11.9 Å². The predicted octanol–water partition coefficient (Wildman–Crippen LogP) is 4.39. The second kappa shape index (κ2) is 7.52. The summed E-state index contributed by atoms with van der Waals surface area (Å²) in [6.45, 7) is 2.62. The van der Waals surface area contributed by atoms with Gasteiger partial charge in [0.25, 0.3) is 5.91 Å². The van der Waals surface area contributed by atoms with Gasteiger partial charge < -0.3 is 10.3 Å². The molecule has 1 saturated heterocycles.